The molecule has 0 aromatic carbocycles. The number of hydrogen-bond acceptors (Lipinski definition) is 2. The van der Waals surface area contributed by atoms with E-state index in [2.05, 4.69) is 0 Å². The summed E-state index contributed by atoms with van der Waals surface area (Å²) in [6, 6.07) is 0.281. The van der Waals surface area contributed by atoms with E-state index in [9.17, 15) is 8.42 Å². The van der Waals surface area contributed by atoms with Crippen molar-refractivity contribution < 1.29 is 8.42 Å². The van der Waals surface area contributed by atoms with Gasteiger partial charge in [-0.3, -0.25) is 0 Å². The van der Waals surface area contributed by atoms with Crippen molar-refractivity contribution in [1.82, 2.24) is 4.31 Å². The van der Waals surface area contributed by atoms with E-state index < -0.39 is 10.0 Å². The maximum Gasteiger partial charge on any atom is 0.214 e. The van der Waals surface area contributed by atoms with Crippen LogP contribution in [0, 0.1) is 23.7 Å². The molecule has 20 heavy (non-hydrogen) atoms. The molecular weight excluding hydrogens is 294 g/mol. The summed E-state index contributed by atoms with van der Waals surface area (Å²) in [6.45, 7) is 0. The van der Waals surface area contributed by atoms with Crippen LogP contribution in [0.15, 0.2) is 0 Å². The summed E-state index contributed by atoms with van der Waals surface area (Å²) >= 11 is 5.65. The minimum Gasteiger partial charge on any atom is -0.212 e. The van der Waals surface area contributed by atoms with Crippen molar-refractivity contribution >= 4 is 21.6 Å². The molecule has 4 aliphatic rings. The zero-order valence-corrected chi connectivity index (χ0v) is 13.9. The van der Waals surface area contributed by atoms with Gasteiger partial charge in [-0.1, -0.05) is 0 Å². The third-order valence-electron chi connectivity index (χ3n) is 5.82. The molecule has 5 heteroatoms. The number of rotatable bonds is 6. The van der Waals surface area contributed by atoms with Gasteiger partial charge in [-0.2, -0.15) is 0 Å². The normalized spacial score (nSPS) is 39.6. The van der Waals surface area contributed by atoms with Crippen LogP contribution in [-0.4, -0.2) is 37.4 Å². The van der Waals surface area contributed by atoms with E-state index >= 15 is 0 Å². The van der Waals surface area contributed by atoms with E-state index in [-0.39, 0.29) is 11.8 Å². The lowest BCUT2D eigenvalue weighted by Gasteiger charge is -2.56. The number of unbranched alkanes of at least 4 members (excludes halogenated alkanes) is 1. The highest BCUT2D eigenvalue weighted by Gasteiger charge is 2.51. The molecule has 0 N–H and O–H groups in total. The van der Waals surface area contributed by atoms with Gasteiger partial charge < -0.3 is 0 Å². The van der Waals surface area contributed by atoms with Crippen LogP contribution in [0.25, 0.3) is 0 Å². The van der Waals surface area contributed by atoms with Crippen LogP contribution in [-0.2, 0) is 10.0 Å². The van der Waals surface area contributed by atoms with E-state index in [1.54, 1.807) is 4.31 Å². The zero-order chi connectivity index (χ0) is 14.3. The van der Waals surface area contributed by atoms with Crippen LogP contribution >= 0.6 is 11.6 Å². The maximum absolute atomic E-state index is 12.5. The Morgan fingerprint density at radius 2 is 1.55 bits per heavy atom. The van der Waals surface area contributed by atoms with Crippen LogP contribution in [0.5, 0.6) is 0 Å². The quantitative estimate of drug-likeness (QED) is 0.557. The molecule has 0 atom stereocenters. The smallest absolute Gasteiger partial charge is 0.212 e. The maximum atomic E-state index is 12.5. The van der Waals surface area contributed by atoms with Gasteiger partial charge in [0, 0.05) is 19.0 Å². The van der Waals surface area contributed by atoms with E-state index in [0.717, 1.165) is 18.3 Å². The molecule has 0 saturated heterocycles. The van der Waals surface area contributed by atoms with Gasteiger partial charge in [0.1, 0.15) is 0 Å². The summed E-state index contributed by atoms with van der Waals surface area (Å²) in [5.41, 5.74) is 0. The fourth-order valence-corrected chi connectivity index (χ4v) is 6.96. The third kappa shape index (κ3) is 2.76. The van der Waals surface area contributed by atoms with Crippen molar-refractivity contribution in [2.75, 3.05) is 18.7 Å². The number of alkyl halides is 1. The predicted molar refractivity (Wildman–Crippen MR) is 82.3 cm³/mol. The molecule has 4 fully saturated rings. The van der Waals surface area contributed by atoms with E-state index in [4.69, 9.17) is 11.6 Å². The van der Waals surface area contributed by atoms with Gasteiger partial charge >= 0.3 is 0 Å². The average molecular weight is 320 g/mol. The third-order valence-corrected chi connectivity index (χ3v) is 8.01. The molecule has 0 radical (unpaired) electrons. The Bertz CT molecular complexity index is 423. The summed E-state index contributed by atoms with van der Waals surface area (Å²) in [7, 11) is -1.28. The summed E-state index contributed by atoms with van der Waals surface area (Å²) < 4.78 is 26.8. The Morgan fingerprint density at radius 1 is 1.00 bits per heavy atom. The van der Waals surface area contributed by atoms with Crippen molar-refractivity contribution in [1.29, 1.82) is 0 Å². The molecule has 3 nitrogen and oxygen atoms in total. The number of halogens is 1. The first-order valence-electron chi connectivity index (χ1n) is 8.03. The molecule has 4 rings (SSSR count). The molecule has 4 aliphatic carbocycles. The largest absolute Gasteiger partial charge is 0.214 e. The zero-order valence-electron chi connectivity index (χ0n) is 12.3. The van der Waals surface area contributed by atoms with Gasteiger partial charge in [0.05, 0.1) is 5.75 Å². The van der Waals surface area contributed by atoms with Crippen LogP contribution in [0.4, 0.5) is 0 Å². The number of sulfonamides is 1. The Kier molecular flexibility index (Phi) is 4.36. The first-order valence-corrected chi connectivity index (χ1v) is 10.2. The Morgan fingerprint density at radius 3 is 2.05 bits per heavy atom. The molecule has 0 aromatic heterocycles. The minimum absolute atomic E-state index is 0.263. The van der Waals surface area contributed by atoms with Gasteiger partial charge in [-0.15, -0.1) is 11.6 Å². The second kappa shape index (κ2) is 5.77. The minimum atomic E-state index is -3.10. The monoisotopic (exact) mass is 319 g/mol. The molecular formula is C15H26ClNO2S. The standard InChI is InChI=1S/C15H26ClNO2S/c1-17(20(18,19)5-3-2-4-16)15-13-7-11-6-12(9-13)10-14(15)8-11/h11-15H,2-10H2,1H3. The molecule has 4 saturated carbocycles. The van der Waals surface area contributed by atoms with Crippen molar-refractivity contribution in [3.63, 3.8) is 0 Å². The van der Waals surface area contributed by atoms with Crippen LogP contribution in [0.3, 0.4) is 0 Å². The van der Waals surface area contributed by atoms with Gasteiger partial charge in [0.15, 0.2) is 0 Å². The molecule has 0 heterocycles. The van der Waals surface area contributed by atoms with E-state index in [1.807, 2.05) is 7.05 Å². The fourth-order valence-electron chi connectivity index (χ4n) is 5.20. The van der Waals surface area contributed by atoms with Crippen LogP contribution in [0.1, 0.15) is 44.9 Å². The second-order valence-electron chi connectivity index (χ2n) is 7.15. The van der Waals surface area contributed by atoms with Crippen molar-refractivity contribution in [3.05, 3.63) is 0 Å². The van der Waals surface area contributed by atoms with Crippen LogP contribution < -0.4 is 0 Å². The number of nitrogens with zero attached hydrogens (tertiary/aromatic N) is 1. The summed E-state index contributed by atoms with van der Waals surface area (Å²) in [5, 5.41) is 0. The molecule has 116 valence electrons. The van der Waals surface area contributed by atoms with Crippen molar-refractivity contribution in [2.24, 2.45) is 23.7 Å². The summed E-state index contributed by atoms with van der Waals surface area (Å²) in [4.78, 5) is 0. The van der Waals surface area contributed by atoms with Crippen molar-refractivity contribution in [2.45, 2.75) is 51.0 Å². The van der Waals surface area contributed by atoms with Crippen LogP contribution in [0.2, 0.25) is 0 Å². The lowest BCUT2D eigenvalue weighted by atomic mass is 9.54. The molecule has 0 amide bonds. The van der Waals surface area contributed by atoms with Crippen molar-refractivity contribution in [3.8, 4) is 0 Å². The topological polar surface area (TPSA) is 37.4 Å². The van der Waals surface area contributed by atoms with Gasteiger partial charge in [-0.25, -0.2) is 12.7 Å². The first kappa shape index (κ1) is 15.1. The number of hydrogen-bond donors (Lipinski definition) is 0. The van der Waals surface area contributed by atoms with E-state index in [0.29, 0.717) is 24.1 Å². The summed E-state index contributed by atoms with van der Waals surface area (Å²) in [5.74, 6) is 3.84. The highest BCUT2D eigenvalue weighted by molar-refractivity contribution is 7.89. The second-order valence-corrected chi connectivity index (χ2v) is 9.68. The van der Waals surface area contributed by atoms with Gasteiger partial charge in [0.25, 0.3) is 0 Å². The predicted octanol–water partition coefficient (Wildman–Crippen LogP) is 3.09. The highest BCUT2D eigenvalue weighted by atomic mass is 35.5. The first-order chi connectivity index (χ1) is 9.51. The Labute approximate surface area is 128 Å². The molecule has 0 aromatic rings. The summed E-state index contributed by atoms with van der Waals surface area (Å²) in [6.07, 6.45) is 7.93. The molecule has 0 spiro atoms. The lowest BCUT2D eigenvalue weighted by molar-refractivity contribution is -0.0351. The Hall–Kier alpha value is 0.200. The van der Waals surface area contributed by atoms with Gasteiger partial charge in [0.2, 0.25) is 10.0 Å². The lowest BCUT2D eigenvalue weighted by Crippen LogP contribution is -2.56. The molecule has 4 bridgehead atoms. The molecule has 0 unspecified atom stereocenters. The fraction of sp³-hybridized carbons (Fsp3) is 1.00. The highest BCUT2D eigenvalue weighted by Crippen LogP contribution is 2.55. The molecule has 0 aliphatic heterocycles. The SMILES string of the molecule is CN(C1C2CC3CC(C2)CC1C3)S(=O)(=O)CCCCCl. The Balaban J connectivity index is 1.69. The van der Waals surface area contributed by atoms with E-state index in [1.165, 1.54) is 32.1 Å². The van der Waals surface area contributed by atoms with Gasteiger partial charge in [-0.05, 0) is 68.6 Å². The average Bonchev–Trinajstić information content (AvgIpc) is 2.37.